The van der Waals surface area contributed by atoms with Crippen LogP contribution >= 0.6 is 0 Å². The number of nitrogens with zero attached hydrogens (tertiary/aromatic N) is 2. The SMILES string of the molecule is N#C/C=C\c1ccc(NCC(=O)NCc2ccco2)c([N+](=O)[O-])c1. The Kier molecular flexibility index (Phi) is 5.69. The lowest BCUT2D eigenvalue weighted by atomic mass is 10.1. The smallest absolute Gasteiger partial charge is 0.292 e. The molecule has 122 valence electrons. The molecule has 0 fully saturated rings. The molecule has 1 aromatic carbocycles. The fourth-order valence-electron chi connectivity index (χ4n) is 1.92. The van der Waals surface area contributed by atoms with Gasteiger partial charge >= 0.3 is 0 Å². The average Bonchev–Trinajstić information content (AvgIpc) is 3.10. The Hall–Kier alpha value is -3.60. The van der Waals surface area contributed by atoms with Crippen LogP contribution in [0.3, 0.4) is 0 Å². The largest absolute Gasteiger partial charge is 0.467 e. The normalized spacial score (nSPS) is 10.3. The number of amides is 1. The number of hydrogen-bond acceptors (Lipinski definition) is 6. The quantitative estimate of drug-likeness (QED) is 0.458. The first-order valence-electron chi connectivity index (χ1n) is 6.97. The van der Waals surface area contributed by atoms with Crippen molar-refractivity contribution in [3.63, 3.8) is 0 Å². The van der Waals surface area contributed by atoms with Crippen LogP contribution < -0.4 is 10.6 Å². The Morgan fingerprint density at radius 1 is 1.42 bits per heavy atom. The van der Waals surface area contributed by atoms with E-state index in [2.05, 4.69) is 10.6 Å². The van der Waals surface area contributed by atoms with E-state index < -0.39 is 4.92 Å². The Bertz CT molecular complexity index is 791. The van der Waals surface area contributed by atoms with Gasteiger partial charge in [0.2, 0.25) is 5.91 Å². The summed E-state index contributed by atoms with van der Waals surface area (Å²) in [4.78, 5) is 22.4. The predicted molar refractivity (Wildman–Crippen MR) is 86.8 cm³/mol. The number of hydrogen-bond donors (Lipinski definition) is 2. The second-order valence-electron chi connectivity index (χ2n) is 4.71. The second-order valence-corrected chi connectivity index (χ2v) is 4.71. The average molecular weight is 326 g/mol. The molecular formula is C16H14N4O4. The second kappa shape index (κ2) is 8.14. The zero-order valence-electron chi connectivity index (χ0n) is 12.6. The van der Waals surface area contributed by atoms with Gasteiger partial charge in [-0.25, -0.2) is 0 Å². The molecule has 0 saturated heterocycles. The lowest BCUT2D eigenvalue weighted by Gasteiger charge is -2.08. The van der Waals surface area contributed by atoms with Gasteiger partial charge in [-0.3, -0.25) is 14.9 Å². The number of rotatable bonds is 7. The van der Waals surface area contributed by atoms with Crippen LogP contribution in [0.4, 0.5) is 11.4 Å². The van der Waals surface area contributed by atoms with Crippen LogP contribution in [-0.4, -0.2) is 17.4 Å². The molecule has 0 aliphatic carbocycles. The third kappa shape index (κ3) is 4.71. The van der Waals surface area contributed by atoms with Crippen LogP contribution in [0, 0.1) is 21.4 Å². The summed E-state index contributed by atoms with van der Waals surface area (Å²) < 4.78 is 5.09. The van der Waals surface area contributed by atoms with Gasteiger partial charge in [0.25, 0.3) is 5.69 Å². The van der Waals surface area contributed by atoms with Gasteiger partial charge in [-0.2, -0.15) is 5.26 Å². The Labute approximate surface area is 137 Å². The fraction of sp³-hybridized carbons (Fsp3) is 0.125. The van der Waals surface area contributed by atoms with E-state index in [1.165, 1.54) is 30.5 Å². The fourth-order valence-corrected chi connectivity index (χ4v) is 1.92. The van der Waals surface area contributed by atoms with Crippen molar-refractivity contribution in [3.05, 3.63) is 64.1 Å². The highest BCUT2D eigenvalue weighted by Gasteiger charge is 2.14. The molecular weight excluding hydrogens is 312 g/mol. The van der Waals surface area contributed by atoms with Gasteiger partial charge in [0.1, 0.15) is 11.4 Å². The van der Waals surface area contributed by atoms with Crippen LogP contribution in [0.5, 0.6) is 0 Å². The number of nitro groups is 1. The van der Waals surface area contributed by atoms with Gasteiger partial charge in [0, 0.05) is 12.1 Å². The van der Waals surface area contributed by atoms with E-state index in [-0.39, 0.29) is 30.4 Å². The van der Waals surface area contributed by atoms with E-state index in [9.17, 15) is 14.9 Å². The highest BCUT2D eigenvalue weighted by molar-refractivity contribution is 5.82. The minimum Gasteiger partial charge on any atom is -0.467 e. The van der Waals surface area contributed by atoms with E-state index in [1.807, 2.05) is 6.07 Å². The standard InChI is InChI=1S/C16H14N4O4/c17-7-1-3-12-5-6-14(15(9-12)20(22)23)18-11-16(21)19-10-13-4-2-8-24-13/h1-6,8-9,18H,10-11H2,(H,19,21)/b3-1-. The first-order valence-corrected chi connectivity index (χ1v) is 6.97. The summed E-state index contributed by atoms with van der Waals surface area (Å²) in [5, 5.41) is 25.0. The molecule has 24 heavy (non-hydrogen) atoms. The van der Waals surface area contributed by atoms with E-state index in [0.29, 0.717) is 11.3 Å². The molecule has 0 saturated carbocycles. The predicted octanol–water partition coefficient (Wildman–Crippen LogP) is 2.45. The minimum atomic E-state index is -0.549. The van der Waals surface area contributed by atoms with Crippen molar-refractivity contribution in [2.45, 2.75) is 6.54 Å². The Balaban J connectivity index is 1.98. The minimum absolute atomic E-state index is 0.116. The highest BCUT2D eigenvalue weighted by Crippen LogP contribution is 2.25. The molecule has 0 atom stereocenters. The third-order valence-corrected chi connectivity index (χ3v) is 3.05. The van der Waals surface area contributed by atoms with Gasteiger partial charge < -0.3 is 15.1 Å². The molecule has 8 nitrogen and oxygen atoms in total. The number of furan rings is 1. The first-order chi connectivity index (χ1) is 11.6. The number of nitriles is 1. The van der Waals surface area contributed by atoms with Crippen molar-refractivity contribution in [1.82, 2.24) is 5.32 Å². The topological polar surface area (TPSA) is 121 Å². The van der Waals surface area contributed by atoms with Gasteiger partial charge in [-0.05, 0) is 29.8 Å². The molecule has 1 amide bonds. The van der Waals surface area contributed by atoms with Crippen LogP contribution in [-0.2, 0) is 11.3 Å². The summed E-state index contributed by atoms with van der Waals surface area (Å²) in [6.45, 7) is 0.127. The Morgan fingerprint density at radius 2 is 2.25 bits per heavy atom. The van der Waals surface area contributed by atoms with Crippen molar-refractivity contribution in [3.8, 4) is 6.07 Å². The molecule has 0 spiro atoms. The molecule has 0 unspecified atom stereocenters. The van der Waals surface area contributed by atoms with Crippen LogP contribution in [0.2, 0.25) is 0 Å². The number of nitro benzene ring substituents is 1. The molecule has 1 heterocycles. The third-order valence-electron chi connectivity index (χ3n) is 3.05. The lowest BCUT2D eigenvalue weighted by molar-refractivity contribution is -0.384. The lowest BCUT2D eigenvalue weighted by Crippen LogP contribution is -2.29. The van der Waals surface area contributed by atoms with E-state index in [1.54, 1.807) is 18.2 Å². The number of benzene rings is 1. The van der Waals surface area contributed by atoms with Gasteiger partial charge in [-0.15, -0.1) is 0 Å². The number of anilines is 1. The monoisotopic (exact) mass is 326 g/mol. The van der Waals surface area contributed by atoms with Gasteiger partial charge in [-0.1, -0.05) is 6.07 Å². The zero-order valence-corrected chi connectivity index (χ0v) is 12.6. The number of allylic oxidation sites excluding steroid dienone is 1. The molecule has 0 bridgehead atoms. The van der Waals surface area contributed by atoms with Crippen LogP contribution in [0.15, 0.2) is 47.1 Å². The molecule has 2 N–H and O–H groups in total. The highest BCUT2D eigenvalue weighted by atomic mass is 16.6. The van der Waals surface area contributed by atoms with Crippen molar-refractivity contribution in [2.75, 3.05) is 11.9 Å². The van der Waals surface area contributed by atoms with E-state index in [4.69, 9.17) is 9.68 Å². The Morgan fingerprint density at radius 3 is 2.92 bits per heavy atom. The molecule has 1 aromatic heterocycles. The summed E-state index contributed by atoms with van der Waals surface area (Å²) in [5.74, 6) is 0.289. The number of carbonyl (C=O) groups is 1. The van der Waals surface area contributed by atoms with Gasteiger partial charge in [0.05, 0.1) is 30.3 Å². The zero-order chi connectivity index (χ0) is 17.4. The molecule has 0 radical (unpaired) electrons. The number of nitrogens with one attached hydrogen (secondary N) is 2. The van der Waals surface area contributed by atoms with E-state index in [0.717, 1.165) is 0 Å². The summed E-state index contributed by atoms with van der Waals surface area (Å²) in [5.41, 5.74) is 0.576. The summed E-state index contributed by atoms with van der Waals surface area (Å²) in [6.07, 6.45) is 4.20. The van der Waals surface area contributed by atoms with Crippen molar-refractivity contribution in [2.24, 2.45) is 0 Å². The summed E-state index contributed by atoms with van der Waals surface area (Å²) in [6, 6.07) is 9.70. The molecule has 0 aliphatic heterocycles. The molecule has 2 rings (SSSR count). The maximum absolute atomic E-state index is 11.8. The summed E-state index contributed by atoms with van der Waals surface area (Å²) in [7, 11) is 0. The first kappa shape index (κ1) is 16.8. The maximum Gasteiger partial charge on any atom is 0.292 e. The van der Waals surface area contributed by atoms with Crippen LogP contribution in [0.1, 0.15) is 11.3 Å². The van der Waals surface area contributed by atoms with E-state index >= 15 is 0 Å². The van der Waals surface area contributed by atoms with Crippen molar-refractivity contribution in [1.29, 1.82) is 5.26 Å². The maximum atomic E-state index is 11.8. The summed E-state index contributed by atoms with van der Waals surface area (Å²) >= 11 is 0. The van der Waals surface area contributed by atoms with Crippen molar-refractivity contribution >= 4 is 23.4 Å². The molecule has 8 heteroatoms. The molecule has 2 aromatic rings. The number of carbonyl (C=O) groups excluding carboxylic acids is 1. The van der Waals surface area contributed by atoms with Gasteiger partial charge in [0.15, 0.2) is 0 Å². The van der Waals surface area contributed by atoms with Crippen molar-refractivity contribution < 1.29 is 14.1 Å². The van der Waals surface area contributed by atoms with Crippen LogP contribution in [0.25, 0.3) is 6.08 Å². The molecule has 0 aliphatic rings.